The van der Waals surface area contributed by atoms with E-state index >= 15 is 0 Å². The van der Waals surface area contributed by atoms with Crippen LogP contribution in [0.15, 0.2) is 48.5 Å². The standard InChI is InChI=1S/C23H24N2O3/c1-16-8-7-9-17(2)25(16)22(26)15-28-23(27)21-13-6-5-12-20(21)19-11-4-3-10-18(19)14-24/h3-6,10-13,16-17H,7-9,15H2,1-2H3/t16-,17-/m1/s1. The van der Waals surface area contributed by atoms with Crippen LogP contribution in [0.4, 0.5) is 0 Å². The van der Waals surface area contributed by atoms with Gasteiger partial charge in [0.2, 0.25) is 0 Å². The summed E-state index contributed by atoms with van der Waals surface area (Å²) in [6, 6.07) is 16.6. The molecule has 0 spiro atoms. The zero-order chi connectivity index (χ0) is 20.1. The van der Waals surface area contributed by atoms with Crippen molar-refractivity contribution in [2.45, 2.75) is 45.2 Å². The maximum atomic E-state index is 12.7. The maximum Gasteiger partial charge on any atom is 0.339 e. The molecule has 144 valence electrons. The minimum absolute atomic E-state index is 0.157. The predicted octanol–water partition coefficient (Wildman–Crippen LogP) is 4.17. The van der Waals surface area contributed by atoms with Gasteiger partial charge in [0, 0.05) is 17.6 Å². The second-order valence-electron chi connectivity index (χ2n) is 7.21. The molecule has 0 aromatic heterocycles. The molecule has 2 aromatic carbocycles. The van der Waals surface area contributed by atoms with Gasteiger partial charge in [0.05, 0.1) is 17.2 Å². The third-order valence-corrected chi connectivity index (χ3v) is 5.29. The Hall–Kier alpha value is -3.13. The highest BCUT2D eigenvalue weighted by atomic mass is 16.5. The summed E-state index contributed by atoms with van der Waals surface area (Å²) in [6.07, 6.45) is 3.05. The number of carbonyl (C=O) groups is 2. The van der Waals surface area contributed by atoms with Crippen molar-refractivity contribution < 1.29 is 14.3 Å². The average Bonchev–Trinajstić information content (AvgIpc) is 2.71. The molecule has 1 heterocycles. The Kier molecular flexibility index (Phi) is 6.10. The average molecular weight is 376 g/mol. The lowest BCUT2D eigenvalue weighted by Crippen LogP contribution is -2.49. The molecule has 28 heavy (non-hydrogen) atoms. The zero-order valence-corrected chi connectivity index (χ0v) is 16.2. The van der Waals surface area contributed by atoms with Gasteiger partial charge in [-0.15, -0.1) is 0 Å². The van der Waals surface area contributed by atoms with Crippen LogP contribution in [0.25, 0.3) is 11.1 Å². The van der Waals surface area contributed by atoms with E-state index in [-0.39, 0.29) is 24.6 Å². The van der Waals surface area contributed by atoms with Gasteiger partial charge in [-0.3, -0.25) is 4.79 Å². The number of nitrogens with zero attached hydrogens (tertiary/aromatic N) is 2. The summed E-state index contributed by atoms with van der Waals surface area (Å²) >= 11 is 0. The Morgan fingerprint density at radius 1 is 1.04 bits per heavy atom. The summed E-state index contributed by atoms with van der Waals surface area (Å²) in [5, 5.41) is 9.36. The minimum atomic E-state index is -0.561. The monoisotopic (exact) mass is 376 g/mol. The molecule has 0 bridgehead atoms. The summed E-state index contributed by atoms with van der Waals surface area (Å²) < 4.78 is 5.36. The minimum Gasteiger partial charge on any atom is -0.452 e. The van der Waals surface area contributed by atoms with Crippen molar-refractivity contribution in [2.75, 3.05) is 6.61 Å². The van der Waals surface area contributed by atoms with Gasteiger partial charge in [0.25, 0.3) is 5.91 Å². The fraction of sp³-hybridized carbons (Fsp3) is 0.348. The molecule has 5 nitrogen and oxygen atoms in total. The van der Waals surface area contributed by atoms with Crippen molar-refractivity contribution in [3.8, 4) is 17.2 Å². The fourth-order valence-electron chi connectivity index (χ4n) is 3.90. The molecule has 2 aromatic rings. The molecule has 3 rings (SSSR count). The van der Waals surface area contributed by atoms with Crippen LogP contribution < -0.4 is 0 Å². The first-order valence-electron chi connectivity index (χ1n) is 9.59. The molecule has 0 saturated carbocycles. The Morgan fingerprint density at radius 2 is 1.64 bits per heavy atom. The normalized spacial score (nSPS) is 19.0. The largest absolute Gasteiger partial charge is 0.452 e. The zero-order valence-electron chi connectivity index (χ0n) is 16.2. The van der Waals surface area contributed by atoms with Crippen LogP contribution in [0, 0.1) is 11.3 Å². The summed E-state index contributed by atoms with van der Waals surface area (Å²) in [6.45, 7) is 3.79. The molecular weight excluding hydrogens is 352 g/mol. The van der Waals surface area contributed by atoms with E-state index in [1.807, 2.05) is 30.9 Å². The molecule has 1 fully saturated rings. The van der Waals surface area contributed by atoms with Gasteiger partial charge in [0.15, 0.2) is 6.61 Å². The van der Waals surface area contributed by atoms with Gasteiger partial charge < -0.3 is 9.64 Å². The molecule has 0 N–H and O–H groups in total. The van der Waals surface area contributed by atoms with E-state index in [4.69, 9.17) is 4.74 Å². The van der Waals surface area contributed by atoms with Crippen LogP contribution in [0.2, 0.25) is 0 Å². The van der Waals surface area contributed by atoms with Crippen molar-refractivity contribution in [1.29, 1.82) is 5.26 Å². The van der Waals surface area contributed by atoms with Crippen molar-refractivity contribution >= 4 is 11.9 Å². The number of piperidine rings is 1. The molecule has 0 aliphatic carbocycles. The van der Waals surface area contributed by atoms with Crippen LogP contribution in [-0.4, -0.2) is 35.5 Å². The summed E-state index contributed by atoms with van der Waals surface area (Å²) in [5.41, 5.74) is 2.12. The van der Waals surface area contributed by atoms with E-state index in [2.05, 4.69) is 6.07 Å². The van der Waals surface area contributed by atoms with Gasteiger partial charge >= 0.3 is 5.97 Å². The Morgan fingerprint density at radius 3 is 2.32 bits per heavy atom. The predicted molar refractivity (Wildman–Crippen MR) is 106 cm³/mol. The van der Waals surface area contributed by atoms with Gasteiger partial charge in [-0.05, 0) is 50.8 Å². The third-order valence-electron chi connectivity index (χ3n) is 5.29. The number of likely N-dealkylation sites (tertiary alicyclic amines) is 1. The maximum absolute atomic E-state index is 12.7. The highest BCUT2D eigenvalue weighted by molar-refractivity contribution is 5.99. The molecule has 1 aliphatic rings. The number of ether oxygens (including phenoxy) is 1. The molecule has 0 unspecified atom stereocenters. The summed E-state index contributed by atoms with van der Waals surface area (Å²) in [7, 11) is 0. The van der Waals surface area contributed by atoms with E-state index in [9.17, 15) is 14.9 Å². The van der Waals surface area contributed by atoms with Gasteiger partial charge in [-0.25, -0.2) is 4.79 Å². The number of benzene rings is 2. The van der Waals surface area contributed by atoms with E-state index in [1.165, 1.54) is 0 Å². The topological polar surface area (TPSA) is 70.4 Å². The molecule has 1 aliphatic heterocycles. The van der Waals surface area contributed by atoms with Crippen molar-refractivity contribution in [2.24, 2.45) is 0 Å². The van der Waals surface area contributed by atoms with E-state index < -0.39 is 5.97 Å². The number of nitriles is 1. The summed E-state index contributed by atoms with van der Waals surface area (Å²) in [5.74, 6) is -0.725. The Balaban J connectivity index is 1.77. The molecule has 2 atom stereocenters. The second-order valence-corrected chi connectivity index (χ2v) is 7.21. The summed E-state index contributed by atoms with van der Waals surface area (Å²) in [4.78, 5) is 27.2. The number of rotatable bonds is 4. The van der Waals surface area contributed by atoms with Gasteiger partial charge in [-0.2, -0.15) is 5.26 Å². The first kappa shape index (κ1) is 19.6. The first-order chi connectivity index (χ1) is 13.5. The van der Waals surface area contributed by atoms with Gasteiger partial charge in [-0.1, -0.05) is 36.4 Å². The van der Waals surface area contributed by atoms with Crippen LogP contribution in [0.1, 0.15) is 49.0 Å². The first-order valence-corrected chi connectivity index (χ1v) is 9.59. The van der Waals surface area contributed by atoms with E-state index in [1.54, 1.807) is 36.4 Å². The fourth-order valence-corrected chi connectivity index (χ4v) is 3.90. The SMILES string of the molecule is C[C@@H]1CCC[C@@H](C)N1C(=O)COC(=O)c1ccccc1-c1ccccc1C#N. The lowest BCUT2D eigenvalue weighted by molar-refractivity contribution is -0.140. The number of carbonyl (C=O) groups excluding carboxylic acids is 2. The van der Waals surface area contributed by atoms with Crippen molar-refractivity contribution in [3.05, 3.63) is 59.7 Å². The number of esters is 1. The quantitative estimate of drug-likeness (QED) is 0.751. The van der Waals surface area contributed by atoms with Crippen molar-refractivity contribution in [3.63, 3.8) is 0 Å². The smallest absolute Gasteiger partial charge is 0.339 e. The second kappa shape index (κ2) is 8.71. The highest BCUT2D eigenvalue weighted by Gasteiger charge is 2.29. The number of amides is 1. The highest BCUT2D eigenvalue weighted by Crippen LogP contribution is 2.27. The Labute approximate surface area is 165 Å². The number of hydrogen-bond acceptors (Lipinski definition) is 4. The van der Waals surface area contributed by atoms with Crippen LogP contribution in [-0.2, 0) is 9.53 Å². The van der Waals surface area contributed by atoms with E-state index in [0.717, 1.165) is 19.3 Å². The van der Waals surface area contributed by atoms with E-state index in [0.29, 0.717) is 22.3 Å². The van der Waals surface area contributed by atoms with Crippen molar-refractivity contribution in [1.82, 2.24) is 4.90 Å². The third kappa shape index (κ3) is 4.07. The van der Waals surface area contributed by atoms with Crippen LogP contribution >= 0.6 is 0 Å². The number of hydrogen-bond donors (Lipinski definition) is 0. The molecule has 1 amide bonds. The molecule has 1 saturated heterocycles. The van der Waals surface area contributed by atoms with Crippen LogP contribution in [0.5, 0.6) is 0 Å². The Bertz CT molecular complexity index is 906. The van der Waals surface area contributed by atoms with Crippen LogP contribution in [0.3, 0.4) is 0 Å². The molecular formula is C23H24N2O3. The van der Waals surface area contributed by atoms with Gasteiger partial charge in [0.1, 0.15) is 0 Å². The lowest BCUT2D eigenvalue weighted by Gasteiger charge is -2.38. The lowest BCUT2D eigenvalue weighted by atomic mass is 9.96. The molecule has 0 radical (unpaired) electrons. The molecule has 5 heteroatoms.